The molecule has 1 aliphatic heterocycles. The predicted molar refractivity (Wildman–Crippen MR) is 97.7 cm³/mol. The molecule has 136 valence electrons. The Hall–Kier alpha value is -3.81. The number of amides is 2. The van der Waals surface area contributed by atoms with Crippen molar-refractivity contribution in [3.63, 3.8) is 0 Å². The normalized spacial score (nSPS) is 12.7. The minimum absolute atomic E-state index is 0.113. The molecule has 0 radical (unpaired) electrons. The lowest BCUT2D eigenvalue weighted by atomic mass is 10.0. The molecular formula is C19H17N5O3. The van der Waals surface area contributed by atoms with Crippen molar-refractivity contribution in [2.75, 3.05) is 6.79 Å². The second kappa shape index (κ2) is 7.61. The van der Waals surface area contributed by atoms with E-state index in [9.17, 15) is 4.79 Å². The van der Waals surface area contributed by atoms with Crippen LogP contribution in [0, 0.1) is 0 Å². The molecule has 4 rings (SSSR count). The van der Waals surface area contributed by atoms with Gasteiger partial charge < -0.3 is 14.8 Å². The first-order valence-corrected chi connectivity index (χ1v) is 8.32. The van der Waals surface area contributed by atoms with Crippen LogP contribution in [0.25, 0.3) is 22.4 Å². The molecule has 0 saturated heterocycles. The molecule has 8 nitrogen and oxygen atoms in total. The predicted octanol–water partition coefficient (Wildman–Crippen LogP) is 2.74. The number of pyridine rings is 1. The SMILES string of the molecule is O=C(NCc1cccc(-c2[nH]ncc2-c2ccncc2)c1)NC1=COCO1. The van der Waals surface area contributed by atoms with Crippen LogP contribution in [0.5, 0.6) is 0 Å². The van der Waals surface area contributed by atoms with Crippen LogP contribution < -0.4 is 10.6 Å². The number of hydrogen-bond acceptors (Lipinski definition) is 5. The summed E-state index contributed by atoms with van der Waals surface area (Å²) in [5.74, 6) is 0.292. The number of nitrogens with zero attached hydrogens (tertiary/aromatic N) is 2. The van der Waals surface area contributed by atoms with Crippen molar-refractivity contribution in [2.45, 2.75) is 6.54 Å². The topological polar surface area (TPSA) is 101 Å². The fraction of sp³-hybridized carbons (Fsp3) is 0.105. The third kappa shape index (κ3) is 3.90. The van der Waals surface area contributed by atoms with Crippen molar-refractivity contribution >= 4 is 6.03 Å². The Morgan fingerprint density at radius 3 is 2.89 bits per heavy atom. The second-order valence-corrected chi connectivity index (χ2v) is 5.81. The number of nitrogens with one attached hydrogen (secondary N) is 3. The molecule has 2 aromatic heterocycles. The first-order valence-electron chi connectivity index (χ1n) is 8.32. The second-order valence-electron chi connectivity index (χ2n) is 5.81. The molecule has 1 aromatic carbocycles. The Balaban J connectivity index is 1.47. The highest BCUT2D eigenvalue weighted by molar-refractivity contribution is 5.80. The summed E-state index contributed by atoms with van der Waals surface area (Å²) in [6, 6.07) is 11.4. The number of benzene rings is 1. The molecule has 0 fully saturated rings. The number of hydrogen-bond donors (Lipinski definition) is 3. The van der Waals surface area contributed by atoms with E-state index in [0.29, 0.717) is 12.4 Å². The van der Waals surface area contributed by atoms with Crippen molar-refractivity contribution in [1.29, 1.82) is 0 Å². The highest BCUT2D eigenvalue weighted by Gasteiger charge is 2.12. The van der Waals surface area contributed by atoms with Crippen LogP contribution in [-0.2, 0) is 16.0 Å². The van der Waals surface area contributed by atoms with Gasteiger partial charge in [-0.05, 0) is 29.3 Å². The summed E-state index contributed by atoms with van der Waals surface area (Å²) in [6.45, 7) is 0.480. The fourth-order valence-electron chi connectivity index (χ4n) is 2.74. The van der Waals surface area contributed by atoms with Crippen LogP contribution in [0.1, 0.15) is 5.56 Å². The van der Waals surface area contributed by atoms with Gasteiger partial charge in [0.1, 0.15) is 6.26 Å². The highest BCUT2D eigenvalue weighted by Crippen LogP contribution is 2.30. The minimum atomic E-state index is -0.365. The van der Waals surface area contributed by atoms with E-state index in [0.717, 1.165) is 27.9 Å². The molecule has 0 unspecified atom stereocenters. The van der Waals surface area contributed by atoms with Gasteiger partial charge in [-0.25, -0.2) is 4.79 Å². The molecule has 3 heterocycles. The quantitative estimate of drug-likeness (QED) is 0.647. The van der Waals surface area contributed by atoms with Crippen molar-refractivity contribution in [1.82, 2.24) is 25.8 Å². The average molecular weight is 363 g/mol. The van der Waals surface area contributed by atoms with E-state index in [1.54, 1.807) is 18.6 Å². The van der Waals surface area contributed by atoms with Crippen molar-refractivity contribution in [3.05, 3.63) is 72.7 Å². The third-order valence-corrected chi connectivity index (χ3v) is 4.01. The first kappa shape index (κ1) is 16.6. The highest BCUT2D eigenvalue weighted by atomic mass is 16.7. The van der Waals surface area contributed by atoms with Crippen LogP contribution in [0.4, 0.5) is 4.79 Å². The number of rotatable bonds is 5. The Morgan fingerprint density at radius 2 is 2.07 bits per heavy atom. The Labute approximate surface area is 155 Å². The van der Waals surface area contributed by atoms with Gasteiger partial charge in [0, 0.05) is 30.1 Å². The Kier molecular flexibility index (Phi) is 4.69. The maximum atomic E-state index is 11.9. The van der Waals surface area contributed by atoms with Gasteiger partial charge in [-0.1, -0.05) is 18.2 Å². The smallest absolute Gasteiger partial charge is 0.321 e. The third-order valence-electron chi connectivity index (χ3n) is 4.01. The summed E-state index contributed by atoms with van der Waals surface area (Å²) in [7, 11) is 0. The van der Waals surface area contributed by atoms with E-state index < -0.39 is 0 Å². The van der Waals surface area contributed by atoms with Gasteiger partial charge in [-0.3, -0.25) is 15.4 Å². The van der Waals surface area contributed by atoms with Gasteiger partial charge in [-0.15, -0.1) is 0 Å². The standard InChI is InChI=1S/C19H17N5O3/c25-19(23-17-11-26-12-27-17)21-9-13-2-1-3-15(8-13)18-16(10-22-24-18)14-4-6-20-7-5-14/h1-8,10-11H,9,12H2,(H,22,24)(H2,21,23,25). The number of aromatic nitrogens is 3. The lowest BCUT2D eigenvalue weighted by Gasteiger charge is -2.09. The van der Waals surface area contributed by atoms with E-state index >= 15 is 0 Å². The van der Waals surface area contributed by atoms with E-state index in [2.05, 4.69) is 25.8 Å². The summed E-state index contributed by atoms with van der Waals surface area (Å²) in [6.07, 6.45) is 6.65. The van der Waals surface area contributed by atoms with Gasteiger partial charge >= 0.3 is 6.03 Å². The van der Waals surface area contributed by atoms with E-state index in [4.69, 9.17) is 9.47 Å². The molecule has 0 saturated carbocycles. The Bertz CT molecular complexity index is 968. The lowest BCUT2D eigenvalue weighted by Crippen LogP contribution is -2.34. The van der Waals surface area contributed by atoms with Crippen molar-refractivity contribution < 1.29 is 14.3 Å². The van der Waals surface area contributed by atoms with E-state index in [1.165, 1.54) is 6.26 Å². The molecule has 3 N–H and O–H groups in total. The van der Waals surface area contributed by atoms with E-state index in [1.807, 2.05) is 36.4 Å². The van der Waals surface area contributed by atoms with Crippen LogP contribution >= 0.6 is 0 Å². The number of aromatic amines is 1. The van der Waals surface area contributed by atoms with Crippen molar-refractivity contribution in [3.8, 4) is 22.4 Å². The summed E-state index contributed by atoms with van der Waals surface area (Å²) >= 11 is 0. The van der Waals surface area contributed by atoms with Crippen LogP contribution in [0.2, 0.25) is 0 Å². The van der Waals surface area contributed by atoms with E-state index in [-0.39, 0.29) is 12.8 Å². The monoisotopic (exact) mass is 363 g/mol. The van der Waals surface area contributed by atoms with Gasteiger partial charge in [0.25, 0.3) is 0 Å². The molecule has 8 heteroatoms. The van der Waals surface area contributed by atoms with Gasteiger partial charge in [-0.2, -0.15) is 5.10 Å². The number of carbonyl (C=O) groups is 1. The molecule has 3 aromatic rings. The van der Waals surface area contributed by atoms with Crippen LogP contribution in [-0.4, -0.2) is 28.0 Å². The zero-order valence-corrected chi connectivity index (χ0v) is 14.3. The molecule has 1 aliphatic rings. The largest absolute Gasteiger partial charge is 0.459 e. The lowest BCUT2D eigenvalue weighted by molar-refractivity contribution is 0.0758. The minimum Gasteiger partial charge on any atom is -0.459 e. The average Bonchev–Trinajstić information content (AvgIpc) is 3.39. The molecule has 0 spiro atoms. The summed E-state index contributed by atoms with van der Waals surface area (Å²) < 4.78 is 9.94. The van der Waals surface area contributed by atoms with Crippen LogP contribution in [0.15, 0.2) is 67.1 Å². The fourth-order valence-corrected chi connectivity index (χ4v) is 2.74. The summed E-state index contributed by atoms with van der Waals surface area (Å²) in [4.78, 5) is 16.0. The molecule has 0 aliphatic carbocycles. The summed E-state index contributed by atoms with van der Waals surface area (Å²) in [5.41, 5.74) is 4.87. The molecular weight excluding hydrogens is 346 g/mol. The molecule has 0 atom stereocenters. The molecule has 0 bridgehead atoms. The number of carbonyl (C=O) groups excluding carboxylic acids is 1. The first-order chi connectivity index (χ1) is 13.3. The number of urea groups is 1. The zero-order valence-electron chi connectivity index (χ0n) is 14.3. The Morgan fingerprint density at radius 1 is 1.19 bits per heavy atom. The maximum Gasteiger partial charge on any atom is 0.321 e. The van der Waals surface area contributed by atoms with Gasteiger partial charge in [0.15, 0.2) is 0 Å². The molecule has 27 heavy (non-hydrogen) atoms. The maximum absolute atomic E-state index is 11.9. The van der Waals surface area contributed by atoms with Crippen LogP contribution in [0.3, 0.4) is 0 Å². The van der Waals surface area contributed by atoms with Gasteiger partial charge in [0.05, 0.1) is 11.9 Å². The summed E-state index contributed by atoms with van der Waals surface area (Å²) in [5, 5.41) is 12.6. The van der Waals surface area contributed by atoms with Gasteiger partial charge in [0.2, 0.25) is 12.7 Å². The molecule has 2 amide bonds. The van der Waals surface area contributed by atoms with Crippen molar-refractivity contribution in [2.24, 2.45) is 0 Å². The zero-order chi connectivity index (χ0) is 18.5. The number of H-pyrrole nitrogens is 1. The number of ether oxygens (including phenoxy) is 2.